The van der Waals surface area contributed by atoms with Crippen LogP contribution in [0.2, 0.25) is 0 Å². The van der Waals surface area contributed by atoms with Crippen LogP contribution in [-0.4, -0.2) is 15.9 Å². The van der Waals surface area contributed by atoms with Crippen molar-refractivity contribution in [2.24, 2.45) is 0 Å². The molecule has 1 heterocycles. The average Bonchev–Trinajstić information content (AvgIpc) is 2.87. The summed E-state index contributed by atoms with van der Waals surface area (Å²) in [4.78, 5) is 14.8. The number of aromatic nitrogens is 1. The zero-order valence-corrected chi connectivity index (χ0v) is 10.2. The van der Waals surface area contributed by atoms with Crippen LogP contribution in [0.1, 0.15) is 26.3 Å². The van der Waals surface area contributed by atoms with E-state index >= 15 is 0 Å². The van der Waals surface area contributed by atoms with Crippen molar-refractivity contribution >= 4 is 17.1 Å². The summed E-state index contributed by atoms with van der Waals surface area (Å²) in [7, 11) is 0. The van der Waals surface area contributed by atoms with Crippen LogP contribution in [0.3, 0.4) is 0 Å². The molecule has 0 bridgehead atoms. The fourth-order valence-electron chi connectivity index (χ4n) is 1.44. The van der Waals surface area contributed by atoms with E-state index in [4.69, 9.17) is 0 Å². The number of ketones is 1. The van der Waals surface area contributed by atoms with Crippen molar-refractivity contribution in [1.29, 1.82) is 0 Å². The maximum absolute atomic E-state index is 12.4. The van der Waals surface area contributed by atoms with Crippen LogP contribution >= 0.6 is 11.3 Å². The van der Waals surface area contributed by atoms with Gasteiger partial charge in [-0.1, -0.05) is 30.3 Å². The lowest BCUT2D eigenvalue weighted by atomic mass is 10.1. The SMILES string of the molecule is O=C(c1cnc(C(F)(F)F)s1)C(O)c1ccccc1. The molecule has 100 valence electrons. The van der Waals surface area contributed by atoms with E-state index in [2.05, 4.69) is 4.98 Å². The Morgan fingerprint density at radius 3 is 2.42 bits per heavy atom. The summed E-state index contributed by atoms with van der Waals surface area (Å²) in [6.07, 6.45) is -5.23. The molecule has 1 atom stereocenters. The van der Waals surface area contributed by atoms with Crippen LogP contribution in [-0.2, 0) is 6.18 Å². The number of halogens is 3. The van der Waals surface area contributed by atoms with E-state index in [0.717, 1.165) is 6.20 Å². The fraction of sp³-hybridized carbons (Fsp3) is 0.167. The number of thiazole rings is 1. The molecular formula is C12H8F3NO2S. The third kappa shape index (κ3) is 2.99. The first-order valence-corrected chi connectivity index (χ1v) is 6.01. The highest BCUT2D eigenvalue weighted by Gasteiger charge is 2.35. The number of hydrogen-bond donors (Lipinski definition) is 1. The van der Waals surface area contributed by atoms with Crippen LogP contribution in [0.15, 0.2) is 36.5 Å². The van der Waals surface area contributed by atoms with Gasteiger partial charge in [0.15, 0.2) is 5.01 Å². The van der Waals surface area contributed by atoms with Gasteiger partial charge in [-0.15, -0.1) is 11.3 Å². The summed E-state index contributed by atoms with van der Waals surface area (Å²) in [5.41, 5.74) is 0.328. The van der Waals surface area contributed by atoms with Gasteiger partial charge in [0.1, 0.15) is 6.10 Å². The average molecular weight is 287 g/mol. The fourth-order valence-corrected chi connectivity index (χ4v) is 2.19. The molecule has 2 aromatic rings. The minimum Gasteiger partial charge on any atom is -0.380 e. The van der Waals surface area contributed by atoms with Gasteiger partial charge in [0.05, 0.1) is 4.88 Å². The van der Waals surface area contributed by atoms with E-state index in [9.17, 15) is 23.1 Å². The standard InChI is InChI=1S/C12H8F3NO2S/c13-12(14,15)11-16-6-8(19-11)10(18)9(17)7-4-2-1-3-5-7/h1-6,9,17H. The second-order valence-electron chi connectivity index (χ2n) is 3.70. The second-order valence-corrected chi connectivity index (χ2v) is 4.74. The maximum atomic E-state index is 12.4. The highest BCUT2D eigenvalue weighted by molar-refractivity contribution is 7.13. The molecule has 2 rings (SSSR count). The predicted octanol–water partition coefficient (Wildman–Crippen LogP) is 3.08. The van der Waals surface area contributed by atoms with Gasteiger partial charge in [-0.25, -0.2) is 4.98 Å². The number of aliphatic hydroxyl groups is 1. The Morgan fingerprint density at radius 2 is 1.89 bits per heavy atom. The molecule has 1 aromatic carbocycles. The van der Waals surface area contributed by atoms with Crippen LogP contribution in [0.4, 0.5) is 13.2 Å². The van der Waals surface area contributed by atoms with Gasteiger partial charge in [-0.3, -0.25) is 4.79 Å². The molecule has 0 aliphatic heterocycles. The van der Waals surface area contributed by atoms with Gasteiger partial charge >= 0.3 is 6.18 Å². The highest BCUT2D eigenvalue weighted by Crippen LogP contribution is 2.33. The predicted molar refractivity (Wildman–Crippen MR) is 62.8 cm³/mol. The molecule has 1 N–H and O–H groups in total. The number of nitrogens with zero attached hydrogens (tertiary/aromatic N) is 1. The number of carbonyl (C=O) groups excluding carboxylic acids is 1. The summed E-state index contributed by atoms with van der Waals surface area (Å²) in [5, 5.41) is 8.70. The number of Topliss-reactive ketones (excluding diaryl/α,β-unsaturated/α-hetero) is 1. The van der Waals surface area contributed by atoms with Crippen LogP contribution < -0.4 is 0 Å². The van der Waals surface area contributed by atoms with Crippen LogP contribution in [0.5, 0.6) is 0 Å². The molecular weight excluding hydrogens is 279 g/mol. The Labute approximate surface area is 110 Å². The number of carbonyl (C=O) groups is 1. The molecule has 0 saturated heterocycles. The number of alkyl halides is 3. The highest BCUT2D eigenvalue weighted by atomic mass is 32.1. The third-order valence-corrected chi connectivity index (χ3v) is 3.41. The third-order valence-electron chi connectivity index (χ3n) is 2.35. The van der Waals surface area contributed by atoms with E-state index in [1.54, 1.807) is 18.2 Å². The zero-order chi connectivity index (χ0) is 14.0. The Balaban J connectivity index is 2.23. The van der Waals surface area contributed by atoms with Crippen molar-refractivity contribution < 1.29 is 23.1 Å². The van der Waals surface area contributed by atoms with Gasteiger partial charge in [-0.2, -0.15) is 13.2 Å². The molecule has 1 aromatic heterocycles. The van der Waals surface area contributed by atoms with Gasteiger partial charge in [-0.05, 0) is 5.56 Å². The minimum absolute atomic E-state index is 0.219. The molecule has 19 heavy (non-hydrogen) atoms. The topological polar surface area (TPSA) is 50.2 Å². The Bertz CT molecular complexity index is 580. The summed E-state index contributed by atoms with van der Waals surface area (Å²) < 4.78 is 37.1. The van der Waals surface area contributed by atoms with Crippen molar-refractivity contribution in [3.63, 3.8) is 0 Å². The van der Waals surface area contributed by atoms with Crippen molar-refractivity contribution in [3.8, 4) is 0 Å². The molecule has 0 amide bonds. The van der Waals surface area contributed by atoms with E-state index < -0.39 is 23.1 Å². The first-order valence-electron chi connectivity index (χ1n) is 5.20. The van der Waals surface area contributed by atoms with E-state index in [1.165, 1.54) is 12.1 Å². The molecule has 0 aliphatic rings. The number of hydrogen-bond acceptors (Lipinski definition) is 4. The number of rotatable bonds is 3. The van der Waals surface area contributed by atoms with Gasteiger partial charge in [0.2, 0.25) is 5.78 Å². The van der Waals surface area contributed by atoms with Crippen molar-refractivity contribution in [2.45, 2.75) is 12.3 Å². The quantitative estimate of drug-likeness (QED) is 0.883. The lowest BCUT2D eigenvalue weighted by Crippen LogP contribution is -2.10. The summed E-state index contributed by atoms with van der Waals surface area (Å²) in [5.74, 6) is -0.792. The lowest BCUT2D eigenvalue weighted by Gasteiger charge is -2.07. The Hall–Kier alpha value is -1.73. The lowest BCUT2D eigenvalue weighted by molar-refractivity contribution is -0.137. The van der Waals surface area contributed by atoms with Crippen molar-refractivity contribution in [1.82, 2.24) is 4.98 Å². The number of benzene rings is 1. The Morgan fingerprint density at radius 1 is 1.26 bits per heavy atom. The second kappa shape index (κ2) is 5.10. The minimum atomic E-state index is -4.58. The van der Waals surface area contributed by atoms with E-state index in [1.807, 2.05) is 0 Å². The van der Waals surface area contributed by atoms with E-state index in [0.29, 0.717) is 5.56 Å². The molecule has 0 aliphatic carbocycles. The summed E-state index contributed by atoms with van der Waals surface area (Å²) in [6.45, 7) is 0. The van der Waals surface area contributed by atoms with Gasteiger partial charge in [0, 0.05) is 6.20 Å². The van der Waals surface area contributed by atoms with Gasteiger partial charge in [0.25, 0.3) is 0 Å². The monoisotopic (exact) mass is 287 g/mol. The molecule has 0 radical (unpaired) electrons. The molecule has 0 saturated carbocycles. The van der Waals surface area contributed by atoms with E-state index in [-0.39, 0.29) is 16.2 Å². The van der Waals surface area contributed by atoms with Gasteiger partial charge < -0.3 is 5.11 Å². The molecule has 0 fully saturated rings. The smallest absolute Gasteiger partial charge is 0.380 e. The summed E-state index contributed by atoms with van der Waals surface area (Å²) >= 11 is 0.225. The molecule has 7 heteroatoms. The molecule has 1 unspecified atom stereocenters. The molecule has 0 spiro atoms. The zero-order valence-electron chi connectivity index (χ0n) is 9.39. The molecule has 3 nitrogen and oxygen atoms in total. The summed E-state index contributed by atoms with van der Waals surface area (Å²) in [6, 6.07) is 8.00. The largest absolute Gasteiger partial charge is 0.443 e. The van der Waals surface area contributed by atoms with Crippen molar-refractivity contribution in [3.05, 3.63) is 52.0 Å². The van der Waals surface area contributed by atoms with Crippen LogP contribution in [0, 0.1) is 0 Å². The maximum Gasteiger partial charge on any atom is 0.443 e. The number of aliphatic hydroxyl groups excluding tert-OH is 1. The van der Waals surface area contributed by atoms with Crippen molar-refractivity contribution in [2.75, 3.05) is 0 Å². The first-order chi connectivity index (χ1) is 8.89. The normalized spacial score (nSPS) is 13.3. The van der Waals surface area contributed by atoms with Crippen LogP contribution in [0.25, 0.3) is 0 Å². The first kappa shape index (κ1) is 13.7. The Kier molecular flexibility index (Phi) is 3.68.